The highest BCUT2D eigenvalue weighted by Gasteiger charge is 2.23. The molecule has 0 radical (unpaired) electrons. The minimum atomic E-state index is -3.72. The maximum absolute atomic E-state index is 13.1. The largest absolute Gasteiger partial charge is 0.494 e. The SMILES string of the molecule is CCOc1ccc(S(=O)(=O)NC(c2ccccc2)c2ccccc2)cc1C. The van der Waals surface area contributed by atoms with Crippen molar-refractivity contribution in [2.24, 2.45) is 0 Å². The van der Waals surface area contributed by atoms with Gasteiger partial charge in [-0.05, 0) is 48.7 Å². The van der Waals surface area contributed by atoms with Crippen LogP contribution in [0.4, 0.5) is 0 Å². The van der Waals surface area contributed by atoms with Crippen molar-refractivity contribution >= 4 is 10.0 Å². The van der Waals surface area contributed by atoms with Gasteiger partial charge in [0.2, 0.25) is 10.0 Å². The zero-order valence-corrected chi connectivity index (χ0v) is 16.2. The van der Waals surface area contributed by atoms with Gasteiger partial charge in [-0.15, -0.1) is 0 Å². The summed E-state index contributed by atoms with van der Waals surface area (Å²) in [6, 6.07) is 23.6. The number of benzene rings is 3. The molecule has 0 spiro atoms. The Bertz CT molecular complexity index is 947. The molecule has 140 valence electrons. The smallest absolute Gasteiger partial charge is 0.241 e. The molecule has 3 aromatic rings. The molecule has 0 heterocycles. The molecule has 3 aromatic carbocycles. The first-order chi connectivity index (χ1) is 13.0. The average Bonchev–Trinajstić information content (AvgIpc) is 2.69. The van der Waals surface area contributed by atoms with Crippen LogP contribution in [0.1, 0.15) is 29.7 Å². The van der Waals surface area contributed by atoms with Crippen molar-refractivity contribution in [1.82, 2.24) is 4.72 Å². The Hall–Kier alpha value is -2.63. The number of rotatable bonds is 7. The molecule has 1 N–H and O–H groups in total. The third kappa shape index (κ3) is 4.56. The molecule has 27 heavy (non-hydrogen) atoms. The number of hydrogen-bond donors (Lipinski definition) is 1. The number of aryl methyl sites for hydroxylation is 1. The second kappa shape index (κ2) is 8.37. The van der Waals surface area contributed by atoms with E-state index in [0.717, 1.165) is 16.7 Å². The van der Waals surface area contributed by atoms with Crippen LogP contribution in [0.15, 0.2) is 83.8 Å². The second-order valence-corrected chi connectivity index (χ2v) is 7.95. The van der Waals surface area contributed by atoms with E-state index in [4.69, 9.17) is 4.74 Å². The van der Waals surface area contributed by atoms with Crippen LogP contribution in [0.5, 0.6) is 5.75 Å². The van der Waals surface area contributed by atoms with Crippen molar-refractivity contribution < 1.29 is 13.2 Å². The van der Waals surface area contributed by atoms with Gasteiger partial charge >= 0.3 is 0 Å². The fraction of sp³-hybridized carbons (Fsp3) is 0.182. The van der Waals surface area contributed by atoms with Gasteiger partial charge in [0, 0.05) is 0 Å². The maximum atomic E-state index is 13.1. The standard InChI is InChI=1S/C22H23NO3S/c1-3-26-21-15-14-20(16-17(21)2)27(24,25)23-22(18-10-6-4-7-11-18)19-12-8-5-9-13-19/h4-16,22-23H,3H2,1-2H3. The van der Waals surface area contributed by atoms with E-state index in [2.05, 4.69) is 4.72 Å². The lowest BCUT2D eigenvalue weighted by atomic mass is 10.00. The summed E-state index contributed by atoms with van der Waals surface area (Å²) >= 11 is 0. The lowest BCUT2D eigenvalue weighted by molar-refractivity contribution is 0.337. The molecule has 0 unspecified atom stereocenters. The summed E-state index contributed by atoms with van der Waals surface area (Å²) in [5.74, 6) is 0.694. The second-order valence-electron chi connectivity index (χ2n) is 6.24. The lowest BCUT2D eigenvalue weighted by Gasteiger charge is -2.20. The topological polar surface area (TPSA) is 55.4 Å². The Balaban J connectivity index is 1.97. The molecule has 4 nitrogen and oxygen atoms in total. The van der Waals surface area contributed by atoms with E-state index in [0.29, 0.717) is 12.4 Å². The monoisotopic (exact) mass is 381 g/mol. The van der Waals surface area contributed by atoms with Crippen LogP contribution in [0.2, 0.25) is 0 Å². The highest BCUT2D eigenvalue weighted by atomic mass is 32.2. The molecule has 0 aliphatic rings. The molecule has 3 rings (SSSR count). The highest BCUT2D eigenvalue weighted by molar-refractivity contribution is 7.89. The van der Waals surface area contributed by atoms with Crippen LogP contribution in [-0.2, 0) is 10.0 Å². The highest BCUT2D eigenvalue weighted by Crippen LogP contribution is 2.26. The van der Waals surface area contributed by atoms with Crippen LogP contribution < -0.4 is 9.46 Å². The first kappa shape index (κ1) is 19.1. The average molecular weight is 381 g/mol. The van der Waals surface area contributed by atoms with Gasteiger partial charge in [-0.1, -0.05) is 60.7 Å². The van der Waals surface area contributed by atoms with Gasteiger partial charge in [0.1, 0.15) is 5.75 Å². The predicted molar refractivity (Wildman–Crippen MR) is 107 cm³/mol. The fourth-order valence-corrected chi connectivity index (χ4v) is 4.25. The van der Waals surface area contributed by atoms with E-state index in [1.54, 1.807) is 18.2 Å². The van der Waals surface area contributed by atoms with Gasteiger partial charge in [-0.3, -0.25) is 0 Å². The number of sulfonamides is 1. The molecular weight excluding hydrogens is 358 g/mol. The Morgan fingerprint density at radius 3 is 1.93 bits per heavy atom. The zero-order chi connectivity index (χ0) is 19.3. The number of ether oxygens (including phenoxy) is 1. The summed E-state index contributed by atoms with van der Waals surface area (Å²) in [5, 5.41) is 0. The molecule has 0 aliphatic carbocycles. The molecule has 0 amide bonds. The van der Waals surface area contributed by atoms with Crippen molar-refractivity contribution in [2.75, 3.05) is 6.61 Å². The van der Waals surface area contributed by atoms with Gasteiger partial charge in [-0.25, -0.2) is 8.42 Å². The third-order valence-electron chi connectivity index (χ3n) is 4.30. The van der Waals surface area contributed by atoms with Crippen molar-refractivity contribution in [3.63, 3.8) is 0 Å². The summed E-state index contributed by atoms with van der Waals surface area (Å²) in [6.07, 6.45) is 0. The van der Waals surface area contributed by atoms with Crippen LogP contribution >= 0.6 is 0 Å². The molecule has 0 fully saturated rings. The molecule has 0 atom stereocenters. The summed E-state index contributed by atoms with van der Waals surface area (Å²) in [6.45, 7) is 4.28. The Morgan fingerprint density at radius 1 is 0.889 bits per heavy atom. The van der Waals surface area contributed by atoms with E-state index in [1.807, 2.05) is 74.5 Å². The maximum Gasteiger partial charge on any atom is 0.241 e. The lowest BCUT2D eigenvalue weighted by Crippen LogP contribution is -2.29. The van der Waals surface area contributed by atoms with Crippen molar-refractivity contribution in [3.05, 3.63) is 95.6 Å². The van der Waals surface area contributed by atoms with Gasteiger partial charge in [0.15, 0.2) is 0 Å². The number of hydrogen-bond acceptors (Lipinski definition) is 3. The molecular formula is C22H23NO3S. The summed E-state index contributed by atoms with van der Waals surface area (Å²) in [5.41, 5.74) is 2.56. The van der Waals surface area contributed by atoms with Gasteiger partial charge in [0.25, 0.3) is 0 Å². The van der Waals surface area contributed by atoms with E-state index in [9.17, 15) is 8.42 Å². The Kier molecular flexibility index (Phi) is 5.94. The minimum Gasteiger partial charge on any atom is -0.494 e. The van der Waals surface area contributed by atoms with Crippen LogP contribution in [-0.4, -0.2) is 15.0 Å². The normalized spacial score (nSPS) is 11.5. The van der Waals surface area contributed by atoms with Crippen molar-refractivity contribution in [2.45, 2.75) is 24.8 Å². The molecule has 0 aromatic heterocycles. The first-order valence-electron chi connectivity index (χ1n) is 8.87. The molecule has 0 saturated carbocycles. The summed E-state index contributed by atoms with van der Waals surface area (Å²) in [7, 11) is -3.72. The van der Waals surface area contributed by atoms with Crippen LogP contribution in [0.3, 0.4) is 0 Å². The van der Waals surface area contributed by atoms with Crippen molar-refractivity contribution in [1.29, 1.82) is 0 Å². The van der Waals surface area contributed by atoms with Crippen molar-refractivity contribution in [3.8, 4) is 5.75 Å². The zero-order valence-electron chi connectivity index (χ0n) is 15.4. The predicted octanol–water partition coefficient (Wildman–Crippen LogP) is 4.46. The van der Waals surface area contributed by atoms with E-state index < -0.39 is 16.1 Å². The summed E-state index contributed by atoms with van der Waals surface area (Å²) in [4.78, 5) is 0.223. The van der Waals surface area contributed by atoms with Gasteiger partial charge in [-0.2, -0.15) is 4.72 Å². The third-order valence-corrected chi connectivity index (χ3v) is 5.72. The Morgan fingerprint density at radius 2 is 1.44 bits per heavy atom. The fourth-order valence-electron chi connectivity index (χ4n) is 2.95. The minimum absolute atomic E-state index is 0.223. The van der Waals surface area contributed by atoms with Crippen LogP contribution in [0, 0.1) is 6.92 Å². The Labute approximate surface area is 160 Å². The molecule has 0 aliphatic heterocycles. The van der Waals surface area contributed by atoms with Gasteiger partial charge < -0.3 is 4.74 Å². The van der Waals surface area contributed by atoms with E-state index in [1.165, 1.54) is 0 Å². The van der Waals surface area contributed by atoms with E-state index in [-0.39, 0.29) is 4.90 Å². The number of nitrogens with one attached hydrogen (secondary N) is 1. The first-order valence-corrected chi connectivity index (χ1v) is 10.4. The van der Waals surface area contributed by atoms with Crippen LogP contribution in [0.25, 0.3) is 0 Å². The van der Waals surface area contributed by atoms with Gasteiger partial charge in [0.05, 0.1) is 17.5 Å². The van der Waals surface area contributed by atoms with E-state index >= 15 is 0 Å². The summed E-state index contributed by atoms with van der Waals surface area (Å²) < 4.78 is 34.5. The molecule has 5 heteroatoms. The quantitative estimate of drug-likeness (QED) is 0.657. The molecule has 0 bridgehead atoms. The molecule has 0 saturated heterocycles.